The smallest absolute Gasteiger partial charge is 0.225 e. The van der Waals surface area contributed by atoms with Gasteiger partial charge in [0.25, 0.3) is 0 Å². The van der Waals surface area contributed by atoms with Gasteiger partial charge in [-0.05, 0) is 36.6 Å². The minimum absolute atomic E-state index is 0.157. The molecule has 1 atom stereocenters. The topological polar surface area (TPSA) is 44.4 Å². The SMILES string of the molecule is O=C(NCC1CCN(c2ccc(F)cc2)C1)C1CNC1. The van der Waals surface area contributed by atoms with Gasteiger partial charge in [0.1, 0.15) is 5.82 Å². The zero-order valence-corrected chi connectivity index (χ0v) is 11.4. The summed E-state index contributed by atoms with van der Waals surface area (Å²) in [5, 5.41) is 6.15. The van der Waals surface area contributed by atoms with Crippen LogP contribution in [0.1, 0.15) is 6.42 Å². The summed E-state index contributed by atoms with van der Waals surface area (Å²) in [5.41, 5.74) is 1.06. The second kappa shape index (κ2) is 5.79. The van der Waals surface area contributed by atoms with Gasteiger partial charge in [0, 0.05) is 38.4 Å². The maximum atomic E-state index is 12.9. The minimum Gasteiger partial charge on any atom is -0.371 e. The van der Waals surface area contributed by atoms with Crippen molar-refractivity contribution in [2.75, 3.05) is 37.6 Å². The van der Waals surface area contributed by atoms with Crippen LogP contribution in [-0.4, -0.2) is 38.6 Å². The lowest BCUT2D eigenvalue weighted by molar-refractivity contribution is -0.126. The summed E-state index contributed by atoms with van der Waals surface area (Å²) in [6.07, 6.45) is 1.07. The first-order valence-corrected chi connectivity index (χ1v) is 7.21. The summed E-state index contributed by atoms with van der Waals surface area (Å²) < 4.78 is 12.9. The molecule has 2 aliphatic rings. The van der Waals surface area contributed by atoms with Gasteiger partial charge in [0.2, 0.25) is 5.91 Å². The molecule has 0 aromatic heterocycles. The Balaban J connectivity index is 1.46. The van der Waals surface area contributed by atoms with Crippen molar-refractivity contribution >= 4 is 11.6 Å². The number of nitrogens with one attached hydrogen (secondary N) is 2. The van der Waals surface area contributed by atoms with Crippen molar-refractivity contribution in [3.8, 4) is 0 Å². The molecule has 2 aliphatic heterocycles. The molecule has 0 spiro atoms. The summed E-state index contributed by atoms with van der Waals surface area (Å²) in [7, 11) is 0. The Morgan fingerprint density at radius 2 is 2.10 bits per heavy atom. The molecule has 1 aromatic carbocycles. The number of rotatable bonds is 4. The number of nitrogens with zero attached hydrogens (tertiary/aromatic N) is 1. The van der Waals surface area contributed by atoms with Crippen molar-refractivity contribution < 1.29 is 9.18 Å². The molecule has 2 N–H and O–H groups in total. The Bertz CT molecular complexity index is 473. The average molecular weight is 277 g/mol. The first kappa shape index (κ1) is 13.4. The van der Waals surface area contributed by atoms with Gasteiger partial charge in [-0.25, -0.2) is 4.39 Å². The van der Waals surface area contributed by atoms with Crippen molar-refractivity contribution in [2.45, 2.75) is 6.42 Å². The van der Waals surface area contributed by atoms with Crippen LogP contribution in [0, 0.1) is 17.7 Å². The van der Waals surface area contributed by atoms with E-state index in [0.29, 0.717) is 5.92 Å². The Morgan fingerprint density at radius 3 is 2.75 bits per heavy atom. The highest BCUT2D eigenvalue weighted by molar-refractivity contribution is 5.80. The number of benzene rings is 1. The molecular formula is C15H20FN3O. The van der Waals surface area contributed by atoms with Gasteiger partial charge < -0.3 is 15.5 Å². The van der Waals surface area contributed by atoms with E-state index in [9.17, 15) is 9.18 Å². The Labute approximate surface area is 118 Å². The molecule has 1 amide bonds. The van der Waals surface area contributed by atoms with Crippen molar-refractivity contribution in [3.05, 3.63) is 30.1 Å². The summed E-state index contributed by atoms with van der Waals surface area (Å²) in [4.78, 5) is 14.0. The van der Waals surface area contributed by atoms with Gasteiger partial charge in [-0.3, -0.25) is 4.79 Å². The van der Waals surface area contributed by atoms with E-state index in [1.165, 1.54) is 12.1 Å². The molecule has 2 heterocycles. The van der Waals surface area contributed by atoms with Crippen LogP contribution >= 0.6 is 0 Å². The fourth-order valence-electron chi connectivity index (χ4n) is 2.75. The third-order valence-corrected chi connectivity index (χ3v) is 4.19. The number of anilines is 1. The van der Waals surface area contributed by atoms with Gasteiger partial charge in [-0.15, -0.1) is 0 Å². The lowest BCUT2D eigenvalue weighted by atomic mass is 10.0. The molecule has 20 heavy (non-hydrogen) atoms. The molecule has 3 rings (SSSR count). The Kier molecular flexibility index (Phi) is 3.87. The van der Waals surface area contributed by atoms with Crippen LogP contribution in [-0.2, 0) is 4.79 Å². The van der Waals surface area contributed by atoms with Gasteiger partial charge in [-0.2, -0.15) is 0 Å². The van der Waals surface area contributed by atoms with Crippen molar-refractivity contribution in [1.82, 2.24) is 10.6 Å². The van der Waals surface area contributed by atoms with Crippen LogP contribution in [0.2, 0.25) is 0 Å². The number of halogens is 1. The van der Waals surface area contributed by atoms with Crippen molar-refractivity contribution in [3.63, 3.8) is 0 Å². The summed E-state index contributed by atoms with van der Waals surface area (Å²) in [6, 6.07) is 6.62. The Hall–Kier alpha value is -1.62. The van der Waals surface area contributed by atoms with Crippen LogP contribution in [0.4, 0.5) is 10.1 Å². The average Bonchev–Trinajstić information content (AvgIpc) is 2.84. The molecule has 5 heteroatoms. The fourth-order valence-corrected chi connectivity index (χ4v) is 2.75. The van der Waals surface area contributed by atoms with E-state index in [1.807, 2.05) is 12.1 Å². The summed E-state index contributed by atoms with van der Waals surface area (Å²) in [5.74, 6) is 0.608. The second-order valence-corrected chi connectivity index (χ2v) is 5.68. The van der Waals surface area contributed by atoms with Gasteiger partial charge >= 0.3 is 0 Å². The van der Waals surface area contributed by atoms with Gasteiger partial charge in [0.05, 0.1) is 5.92 Å². The van der Waals surface area contributed by atoms with Crippen LogP contribution in [0.3, 0.4) is 0 Å². The van der Waals surface area contributed by atoms with Gasteiger partial charge in [-0.1, -0.05) is 0 Å². The summed E-state index contributed by atoms with van der Waals surface area (Å²) >= 11 is 0. The maximum absolute atomic E-state index is 12.9. The van der Waals surface area contributed by atoms with E-state index in [0.717, 1.165) is 44.8 Å². The standard InChI is InChI=1S/C15H20FN3O/c16-13-1-3-14(4-2-13)19-6-5-11(10-19)7-18-15(20)12-8-17-9-12/h1-4,11-12,17H,5-10H2,(H,18,20). The number of carbonyl (C=O) groups excluding carboxylic acids is 1. The predicted molar refractivity (Wildman–Crippen MR) is 76.1 cm³/mol. The molecule has 4 nitrogen and oxygen atoms in total. The molecule has 2 fully saturated rings. The van der Waals surface area contributed by atoms with E-state index in [4.69, 9.17) is 0 Å². The largest absolute Gasteiger partial charge is 0.371 e. The molecule has 2 saturated heterocycles. The molecule has 0 bridgehead atoms. The van der Waals surface area contributed by atoms with Crippen LogP contribution in [0.5, 0.6) is 0 Å². The predicted octanol–water partition coefficient (Wildman–Crippen LogP) is 0.988. The van der Waals surface area contributed by atoms with E-state index in [1.54, 1.807) is 0 Å². The normalized spacial score (nSPS) is 22.6. The number of hydrogen-bond acceptors (Lipinski definition) is 3. The van der Waals surface area contributed by atoms with E-state index in [-0.39, 0.29) is 17.6 Å². The number of hydrogen-bond donors (Lipinski definition) is 2. The van der Waals surface area contributed by atoms with E-state index < -0.39 is 0 Å². The molecule has 0 saturated carbocycles. The molecule has 0 aliphatic carbocycles. The first-order chi connectivity index (χ1) is 9.72. The zero-order valence-electron chi connectivity index (χ0n) is 11.4. The van der Waals surface area contributed by atoms with Crippen molar-refractivity contribution in [2.24, 2.45) is 11.8 Å². The van der Waals surface area contributed by atoms with Crippen LogP contribution < -0.4 is 15.5 Å². The highest BCUT2D eigenvalue weighted by atomic mass is 19.1. The number of amides is 1. The van der Waals surface area contributed by atoms with E-state index in [2.05, 4.69) is 15.5 Å². The Morgan fingerprint density at radius 1 is 1.35 bits per heavy atom. The van der Waals surface area contributed by atoms with Crippen molar-refractivity contribution in [1.29, 1.82) is 0 Å². The second-order valence-electron chi connectivity index (χ2n) is 5.68. The molecule has 0 radical (unpaired) electrons. The van der Waals surface area contributed by atoms with Crippen LogP contribution in [0.25, 0.3) is 0 Å². The highest BCUT2D eigenvalue weighted by Crippen LogP contribution is 2.23. The monoisotopic (exact) mass is 277 g/mol. The minimum atomic E-state index is -0.203. The zero-order chi connectivity index (χ0) is 13.9. The third-order valence-electron chi connectivity index (χ3n) is 4.19. The molecular weight excluding hydrogens is 257 g/mol. The first-order valence-electron chi connectivity index (χ1n) is 7.21. The number of carbonyl (C=O) groups is 1. The lowest BCUT2D eigenvalue weighted by Crippen LogP contribution is -2.51. The third kappa shape index (κ3) is 2.93. The highest BCUT2D eigenvalue weighted by Gasteiger charge is 2.27. The molecule has 1 aromatic rings. The quantitative estimate of drug-likeness (QED) is 0.862. The van der Waals surface area contributed by atoms with E-state index >= 15 is 0 Å². The maximum Gasteiger partial charge on any atom is 0.225 e. The van der Waals surface area contributed by atoms with Crippen LogP contribution in [0.15, 0.2) is 24.3 Å². The fraction of sp³-hybridized carbons (Fsp3) is 0.533. The molecule has 1 unspecified atom stereocenters. The molecule has 108 valence electrons. The summed E-state index contributed by atoms with van der Waals surface area (Å²) in [6.45, 7) is 4.25. The lowest BCUT2D eigenvalue weighted by Gasteiger charge is -2.26. The van der Waals surface area contributed by atoms with Gasteiger partial charge in [0.15, 0.2) is 0 Å².